The second-order valence-corrected chi connectivity index (χ2v) is 5.13. The van der Waals surface area contributed by atoms with Crippen LogP contribution in [0.5, 0.6) is 0 Å². The van der Waals surface area contributed by atoms with Crippen LogP contribution in [0.2, 0.25) is 0 Å². The van der Waals surface area contributed by atoms with Crippen molar-refractivity contribution in [1.29, 1.82) is 0 Å². The minimum Gasteiger partial charge on any atom is -0.363 e. The standard InChI is InChI=1S/C14H20N2O2/c1-11-5-4-6-12(7-11)16(3)13(17)8-18-14(2)9-15-10-14/h4-7,15H,8-10H2,1-3H3. The molecule has 0 unspecified atom stereocenters. The molecule has 0 atom stereocenters. The highest BCUT2D eigenvalue weighted by atomic mass is 16.5. The number of nitrogens with one attached hydrogen (secondary N) is 1. The maximum absolute atomic E-state index is 12.0. The fourth-order valence-electron chi connectivity index (χ4n) is 1.89. The van der Waals surface area contributed by atoms with Crippen LogP contribution in [0.4, 0.5) is 5.69 Å². The topological polar surface area (TPSA) is 41.6 Å². The molecule has 0 aromatic heterocycles. The van der Waals surface area contributed by atoms with E-state index in [0.717, 1.165) is 24.3 Å². The van der Waals surface area contributed by atoms with Gasteiger partial charge in [0.2, 0.25) is 0 Å². The molecule has 2 rings (SSSR count). The van der Waals surface area contributed by atoms with Gasteiger partial charge in [0.25, 0.3) is 5.91 Å². The van der Waals surface area contributed by atoms with Crippen molar-refractivity contribution in [3.8, 4) is 0 Å². The van der Waals surface area contributed by atoms with Crippen molar-refractivity contribution in [2.45, 2.75) is 19.4 Å². The van der Waals surface area contributed by atoms with E-state index in [1.54, 1.807) is 11.9 Å². The van der Waals surface area contributed by atoms with Gasteiger partial charge in [-0.1, -0.05) is 12.1 Å². The van der Waals surface area contributed by atoms with E-state index in [2.05, 4.69) is 5.32 Å². The Labute approximate surface area is 108 Å². The fraction of sp³-hybridized carbons (Fsp3) is 0.500. The number of rotatable bonds is 4. The molecule has 98 valence electrons. The highest BCUT2D eigenvalue weighted by Crippen LogP contribution is 2.17. The van der Waals surface area contributed by atoms with Gasteiger partial charge in [-0.15, -0.1) is 0 Å². The van der Waals surface area contributed by atoms with Crippen LogP contribution in [0, 0.1) is 6.92 Å². The van der Waals surface area contributed by atoms with Gasteiger partial charge in [0, 0.05) is 25.8 Å². The Balaban J connectivity index is 1.92. The number of hydrogen-bond donors (Lipinski definition) is 1. The summed E-state index contributed by atoms with van der Waals surface area (Å²) in [5.41, 5.74) is 1.87. The fourth-order valence-corrected chi connectivity index (χ4v) is 1.89. The van der Waals surface area contributed by atoms with Crippen molar-refractivity contribution >= 4 is 11.6 Å². The lowest BCUT2D eigenvalue weighted by atomic mass is 10.0. The maximum atomic E-state index is 12.0. The molecule has 1 amide bonds. The van der Waals surface area contributed by atoms with E-state index in [0.29, 0.717) is 0 Å². The number of anilines is 1. The highest BCUT2D eigenvalue weighted by Gasteiger charge is 2.33. The Kier molecular flexibility index (Phi) is 3.68. The molecule has 0 aliphatic carbocycles. The Morgan fingerprint density at radius 1 is 1.50 bits per heavy atom. The molecule has 18 heavy (non-hydrogen) atoms. The van der Waals surface area contributed by atoms with Crippen LogP contribution in [0.15, 0.2) is 24.3 Å². The minimum atomic E-state index is -0.177. The number of aryl methyl sites for hydroxylation is 1. The first kappa shape index (κ1) is 13.1. The molecule has 1 fully saturated rings. The van der Waals surface area contributed by atoms with Crippen LogP contribution in [0.25, 0.3) is 0 Å². The van der Waals surface area contributed by atoms with E-state index in [9.17, 15) is 4.79 Å². The normalized spacial score (nSPS) is 17.1. The number of likely N-dealkylation sites (N-methyl/N-ethyl adjacent to an activating group) is 1. The van der Waals surface area contributed by atoms with Crippen molar-refractivity contribution in [3.05, 3.63) is 29.8 Å². The molecule has 0 bridgehead atoms. The van der Waals surface area contributed by atoms with Crippen LogP contribution >= 0.6 is 0 Å². The van der Waals surface area contributed by atoms with E-state index >= 15 is 0 Å². The third-order valence-corrected chi connectivity index (χ3v) is 3.31. The van der Waals surface area contributed by atoms with E-state index < -0.39 is 0 Å². The zero-order valence-electron chi connectivity index (χ0n) is 11.2. The highest BCUT2D eigenvalue weighted by molar-refractivity contribution is 5.93. The van der Waals surface area contributed by atoms with Crippen molar-refractivity contribution in [2.24, 2.45) is 0 Å². The Morgan fingerprint density at radius 3 is 2.78 bits per heavy atom. The summed E-state index contributed by atoms with van der Waals surface area (Å²) in [6, 6.07) is 7.88. The van der Waals surface area contributed by atoms with Gasteiger partial charge in [-0.05, 0) is 31.5 Å². The summed E-state index contributed by atoms with van der Waals surface area (Å²) in [5.74, 6) is -0.0197. The Bertz CT molecular complexity index is 441. The number of carbonyl (C=O) groups is 1. The van der Waals surface area contributed by atoms with Gasteiger partial charge in [-0.25, -0.2) is 0 Å². The van der Waals surface area contributed by atoms with E-state index in [4.69, 9.17) is 4.74 Å². The lowest BCUT2D eigenvalue weighted by Crippen LogP contribution is -2.59. The smallest absolute Gasteiger partial charge is 0.252 e. The lowest BCUT2D eigenvalue weighted by molar-refractivity contribution is -0.133. The first-order chi connectivity index (χ1) is 8.50. The summed E-state index contributed by atoms with van der Waals surface area (Å²) >= 11 is 0. The van der Waals surface area contributed by atoms with Crippen LogP contribution in [0.1, 0.15) is 12.5 Å². The summed E-state index contributed by atoms with van der Waals surface area (Å²) in [6.45, 7) is 5.79. The molecular formula is C14H20N2O2. The van der Waals surface area contributed by atoms with Gasteiger partial charge in [0.1, 0.15) is 6.61 Å². The van der Waals surface area contributed by atoms with Gasteiger partial charge >= 0.3 is 0 Å². The predicted octanol–water partition coefficient (Wildman–Crippen LogP) is 1.34. The van der Waals surface area contributed by atoms with Gasteiger partial charge in [-0.2, -0.15) is 0 Å². The van der Waals surface area contributed by atoms with Gasteiger partial charge in [-0.3, -0.25) is 4.79 Å². The molecule has 1 saturated heterocycles. The number of amides is 1. The van der Waals surface area contributed by atoms with Crippen LogP contribution in [-0.2, 0) is 9.53 Å². The van der Waals surface area contributed by atoms with E-state index in [-0.39, 0.29) is 18.1 Å². The van der Waals surface area contributed by atoms with Gasteiger partial charge in [0.05, 0.1) is 5.60 Å². The molecule has 4 nitrogen and oxygen atoms in total. The molecule has 4 heteroatoms. The number of nitrogens with zero attached hydrogens (tertiary/aromatic N) is 1. The minimum absolute atomic E-state index is 0.0197. The third kappa shape index (κ3) is 2.89. The molecule has 1 N–H and O–H groups in total. The largest absolute Gasteiger partial charge is 0.363 e. The second-order valence-electron chi connectivity index (χ2n) is 5.13. The van der Waals surface area contributed by atoms with Crippen LogP contribution in [-0.4, -0.2) is 38.3 Å². The number of carbonyl (C=O) groups excluding carboxylic acids is 1. The van der Waals surface area contributed by atoms with Crippen molar-refractivity contribution in [3.63, 3.8) is 0 Å². The zero-order chi connectivity index (χ0) is 13.2. The first-order valence-corrected chi connectivity index (χ1v) is 6.18. The van der Waals surface area contributed by atoms with Crippen LogP contribution in [0.3, 0.4) is 0 Å². The van der Waals surface area contributed by atoms with Crippen molar-refractivity contribution in [2.75, 3.05) is 31.6 Å². The molecule has 1 heterocycles. The zero-order valence-corrected chi connectivity index (χ0v) is 11.2. The molecular weight excluding hydrogens is 228 g/mol. The average molecular weight is 248 g/mol. The van der Waals surface area contributed by atoms with Crippen molar-refractivity contribution < 1.29 is 9.53 Å². The summed E-state index contributed by atoms with van der Waals surface area (Å²) in [4.78, 5) is 13.7. The monoisotopic (exact) mass is 248 g/mol. The molecule has 1 aromatic carbocycles. The number of ether oxygens (including phenoxy) is 1. The van der Waals surface area contributed by atoms with Gasteiger partial charge < -0.3 is 15.0 Å². The Hall–Kier alpha value is -1.39. The summed E-state index contributed by atoms with van der Waals surface area (Å²) in [5, 5.41) is 3.14. The SMILES string of the molecule is Cc1cccc(N(C)C(=O)COC2(C)CNC2)c1. The van der Waals surface area contributed by atoms with E-state index in [1.807, 2.05) is 38.1 Å². The summed E-state index contributed by atoms with van der Waals surface area (Å²) in [6.07, 6.45) is 0. The van der Waals surface area contributed by atoms with E-state index in [1.165, 1.54) is 0 Å². The lowest BCUT2D eigenvalue weighted by Gasteiger charge is -2.39. The molecule has 0 spiro atoms. The molecule has 1 aliphatic heterocycles. The third-order valence-electron chi connectivity index (χ3n) is 3.31. The first-order valence-electron chi connectivity index (χ1n) is 6.18. The van der Waals surface area contributed by atoms with Crippen LogP contribution < -0.4 is 10.2 Å². The predicted molar refractivity (Wildman–Crippen MR) is 71.8 cm³/mol. The quantitative estimate of drug-likeness (QED) is 0.874. The molecule has 0 radical (unpaired) electrons. The van der Waals surface area contributed by atoms with Crippen molar-refractivity contribution in [1.82, 2.24) is 5.32 Å². The Morgan fingerprint density at radius 2 is 2.22 bits per heavy atom. The molecule has 1 aliphatic rings. The summed E-state index contributed by atoms with van der Waals surface area (Å²) < 4.78 is 5.65. The average Bonchev–Trinajstić information content (AvgIpc) is 2.32. The maximum Gasteiger partial charge on any atom is 0.252 e. The molecule has 0 saturated carbocycles. The second kappa shape index (κ2) is 5.08. The molecule has 1 aromatic rings. The van der Waals surface area contributed by atoms with Gasteiger partial charge in [0.15, 0.2) is 0 Å². The summed E-state index contributed by atoms with van der Waals surface area (Å²) in [7, 11) is 1.78. The number of hydrogen-bond acceptors (Lipinski definition) is 3. The number of benzene rings is 1.